The maximum Gasteiger partial charge on any atom is 0.346 e. The number of nitrogens with one attached hydrogen (secondary N) is 1. The molecule has 1 atom stereocenters. The fourth-order valence-corrected chi connectivity index (χ4v) is 3.09. The number of hydrazone groups is 1. The molecule has 3 rings (SSSR count). The lowest BCUT2D eigenvalue weighted by Gasteiger charge is -2.20. The van der Waals surface area contributed by atoms with Crippen LogP contribution in [0.4, 0.5) is 4.79 Å². The van der Waals surface area contributed by atoms with Gasteiger partial charge in [-0.05, 0) is 37.5 Å². The Bertz CT molecular complexity index is 920. The summed E-state index contributed by atoms with van der Waals surface area (Å²) in [6, 6.07) is 12.2. The lowest BCUT2D eigenvalue weighted by atomic mass is 9.93. The molecule has 1 aliphatic rings. The van der Waals surface area contributed by atoms with Crippen molar-refractivity contribution in [3.05, 3.63) is 53.6 Å². The summed E-state index contributed by atoms with van der Waals surface area (Å²) in [7, 11) is 2.82. The van der Waals surface area contributed by atoms with E-state index in [-0.39, 0.29) is 17.2 Å². The number of aryl methyl sites for hydroxylation is 1. The summed E-state index contributed by atoms with van der Waals surface area (Å²) in [5.74, 6) is -0.186. The second-order valence-electron chi connectivity index (χ2n) is 6.88. The molecule has 3 amide bonds. The number of amides is 3. The highest BCUT2D eigenvalue weighted by molar-refractivity contribution is 6.07. The number of rotatable bonds is 7. The van der Waals surface area contributed by atoms with E-state index in [4.69, 9.17) is 9.47 Å². The van der Waals surface area contributed by atoms with E-state index in [1.54, 1.807) is 6.92 Å². The molecule has 0 spiro atoms. The molecule has 1 aliphatic heterocycles. The first-order valence-corrected chi connectivity index (χ1v) is 9.07. The molecule has 2 aromatic rings. The molecule has 8 nitrogen and oxygen atoms in total. The minimum atomic E-state index is -1.03. The molecular weight excluding hydrogens is 374 g/mol. The molecule has 2 N–H and O–H groups in total. The van der Waals surface area contributed by atoms with Crippen LogP contribution in [-0.2, 0) is 11.2 Å². The first-order chi connectivity index (χ1) is 13.9. The van der Waals surface area contributed by atoms with Crippen LogP contribution in [0.3, 0.4) is 0 Å². The minimum Gasteiger partial charge on any atom is -0.502 e. The van der Waals surface area contributed by atoms with E-state index in [0.717, 1.165) is 10.6 Å². The van der Waals surface area contributed by atoms with E-state index in [1.165, 1.54) is 32.6 Å². The zero-order valence-corrected chi connectivity index (χ0v) is 16.5. The number of carbonyl (C=O) groups excluding carboxylic acids is 2. The molecule has 0 bridgehead atoms. The molecule has 8 heteroatoms. The number of nitrogens with zero attached hydrogens (tertiary/aromatic N) is 2. The van der Waals surface area contributed by atoms with Crippen LogP contribution in [0.25, 0.3) is 0 Å². The Kier molecular flexibility index (Phi) is 5.72. The van der Waals surface area contributed by atoms with Crippen molar-refractivity contribution in [1.29, 1.82) is 0 Å². The molecular formula is C21H23N3O5. The number of ether oxygens (including phenoxy) is 2. The summed E-state index contributed by atoms with van der Waals surface area (Å²) >= 11 is 0. The fourth-order valence-electron chi connectivity index (χ4n) is 3.09. The molecule has 2 aromatic carbocycles. The number of phenolic OH excluding ortho intramolecular Hbond substituents is 1. The van der Waals surface area contributed by atoms with Crippen molar-refractivity contribution in [2.45, 2.75) is 25.3 Å². The number of hydrogen-bond donors (Lipinski definition) is 2. The minimum absolute atomic E-state index is 0.143. The summed E-state index contributed by atoms with van der Waals surface area (Å²) in [5, 5.41) is 17.6. The van der Waals surface area contributed by atoms with Gasteiger partial charge in [-0.15, -0.1) is 5.01 Å². The maximum absolute atomic E-state index is 12.8. The lowest BCUT2D eigenvalue weighted by Crippen LogP contribution is -2.44. The molecule has 152 valence electrons. The van der Waals surface area contributed by atoms with Crippen LogP contribution in [0.1, 0.15) is 24.5 Å². The van der Waals surface area contributed by atoms with Gasteiger partial charge in [0.1, 0.15) is 5.54 Å². The van der Waals surface area contributed by atoms with Crippen molar-refractivity contribution in [3.63, 3.8) is 0 Å². The van der Waals surface area contributed by atoms with Crippen molar-refractivity contribution in [1.82, 2.24) is 10.3 Å². The standard InChI is InChI=1S/C21H23N3O5/c1-21(10-9-14-7-5-4-6-8-14)19(26)24(20(27)23-21)22-13-15-11-16(28-2)18(25)17(12-15)29-3/h4-8,11-13,25H,9-10H2,1-3H3,(H,23,27)/b22-13+/t21-/m0/s1. The topological polar surface area (TPSA) is 100 Å². The number of phenols is 1. The highest BCUT2D eigenvalue weighted by Gasteiger charge is 2.47. The normalized spacial score (nSPS) is 18.9. The van der Waals surface area contributed by atoms with Crippen LogP contribution < -0.4 is 14.8 Å². The number of imide groups is 1. The first-order valence-electron chi connectivity index (χ1n) is 9.07. The van der Waals surface area contributed by atoms with Gasteiger partial charge in [-0.2, -0.15) is 5.10 Å². The van der Waals surface area contributed by atoms with E-state index in [9.17, 15) is 14.7 Å². The quantitative estimate of drug-likeness (QED) is 0.553. The SMILES string of the molecule is COc1cc(/C=N/N2C(=O)N[C@@](C)(CCc3ccccc3)C2=O)cc(OC)c1O. The van der Waals surface area contributed by atoms with E-state index in [1.807, 2.05) is 30.3 Å². The largest absolute Gasteiger partial charge is 0.502 e. The van der Waals surface area contributed by atoms with Crippen molar-refractivity contribution >= 4 is 18.2 Å². The summed E-state index contributed by atoms with van der Waals surface area (Å²) in [4.78, 5) is 25.1. The van der Waals surface area contributed by atoms with Gasteiger partial charge in [-0.3, -0.25) is 4.79 Å². The molecule has 0 unspecified atom stereocenters. The zero-order valence-electron chi connectivity index (χ0n) is 16.5. The number of aromatic hydroxyl groups is 1. The van der Waals surface area contributed by atoms with Gasteiger partial charge in [0.05, 0.1) is 20.4 Å². The van der Waals surface area contributed by atoms with Gasteiger partial charge >= 0.3 is 6.03 Å². The number of methoxy groups -OCH3 is 2. The highest BCUT2D eigenvalue weighted by Crippen LogP contribution is 2.36. The van der Waals surface area contributed by atoms with Gasteiger partial charge in [0.2, 0.25) is 5.75 Å². The van der Waals surface area contributed by atoms with Crippen LogP contribution in [0, 0.1) is 0 Å². The molecule has 1 fully saturated rings. The summed E-state index contributed by atoms with van der Waals surface area (Å²) in [6.45, 7) is 1.69. The lowest BCUT2D eigenvalue weighted by molar-refractivity contribution is -0.130. The number of urea groups is 1. The predicted octanol–water partition coefficient (Wildman–Crippen LogP) is 2.69. The second-order valence-corrected chi connectivity index (χ2v) is 6.88. The monoisotopic (exact) mass is 397 g/mol. The number of carbonyl (C=O) groups is 2. The van der Waals surface area contributed by atoms with E-state index >= 15 is 0 Å². The van der Waals surface area contributed by atoms with Gasteiger partial charge in [-0.25, -0.2) is 4.79 Å². The molecule has 29 heavy (non-hydrogen) atoms. The first kappa shape index (κ1) is 20.2. The summed E-state index contributed by atoms with van der Waals surface area (Å²) < 4.78 is 10.2. The maximum atomic E-state index is 12.8. The molecule has 1 saturated heterocycles. The molecule has 0 saturated carbocycles. The third-order valence-electron chi connectivity index (χ3n) is 4.82. The summed E-state index contributed by atoms with van der Waals surface area (Å²) in [5.41, 5.74) is 0.546. The second kappa shape index (κ2) is 8.22. The third-order valence-corrected chi connectivity index (χ3v) is 4.82. The molecule has 0 radical (unpaired) electrons. The third kappa shape index (κ3) is 4.16. The number of benzene rings is 2. The van der Waals surface area contributed by atoms with Crippen LogP contribution in [0.2, 0.25) is 0 Å². The van der Waals surface area contributed by atoms with Crippen molar-refractivity contribution in [3.8, 4) is 17.2 Å². The Hall–Kier alpha value is -3.55. The Balaban J connectivity index is 1.76. The Morgan fingerprint density at radius 2 is 1.76 bits per heavy atom. The van der Waals surface area contributed by atoms with Crippen LogP contribution >= 0.6 is 0 Å². The van der Waals surface area contributed by atoms with Gasteiger partial charge in [0, 0.05) is 5.56 Å². The molecule has 0 aliphatic carbocycles. The van der Waals surface area contributed by atoms with E-state index < -0.39 is 17.5 Å². The van der Waals surface area contributed by atoms with Gasteiger partial charge in [0.15, 0.2) is 11.5 Å². The zero-order chi connectivity index (χ0) is 21.0. The van der Waals surface area contributed by atoms with Gasteiger partial charge in [0.25, 0.3) is 5.91 Å². The Morgan fingerprint density at radius 1 is 1.14 bits per heavy atom. The van der Waals surface area contributed by atoms with Crippen molar-refractivity contribution in [2.24, 2.45) is 5.10 Å². The van der Waals surface area contributed by atoms with Gasteiger partial charge < -0.3 is 19.9 Å². The predicted molar refractivity (Wildman–Crippen MR) is 107 cm³/mol. The fraction of sp³-hybridized carbons (Fsp3) is 0.286. The van der Waals surface area contributed by atoms with Crippen LogP contribution in [0.5, 0.6) is 17.2 Å². The average molecular weight is 397 g/mol. The van der Waals surface area contributed by atoms with E-state index in [0.29, 0.717) is 18.4 Å². The van der Waals surface area contributed by atoms with Crippen LogP contribution in [-0.4, -0.2) is 48.0 Å². The van der Waals surface area contributed by atoms with Crippen LogP contribution in [0.15, 0.2) is 47.6 Å². The Morgan fingerprint density at radius 3 is 2.34 bits per heavy atom. The van der Waals surface area contributed by atoms with E-state index in [2.05, 4.69) is 10.4 Å². The van der Waals surface area contributed by atoms with Crippen molar-refractivity contribution in [2.75, 3.05) is 14.2 Å². The average Bonchev–Trinajstić information content (AvgIpc) is 2.95. The Labute approximate surface area is 168 Å². The molecule has 0 aromatic heterocycles. The summed E-state index contributed by atoms with van der Waals surface area (Å²) in [6.07, 6.45) is 2.44. The van der Waals surface area contributed by atoms with Gasteiger partial charge in [-0.1, -0.05) is 30.3 Å². The highest BCUT2D eigenvalue weighted by atomic mass is 16.5. The number of hydrogen-bond acceptors (Lipinski definition) is 6. The van der Waals surface area contributed by atoms with Crippen molar-refractivity contribution < 1.29 is 24.2 Å². The smallest absolute Gasteiger partial charge is 0.346 e. The molecule has 1 heterocycles.